The third kappa shape index (κ3) is 3.10. The number of aromatic carboxylic acids is 1. The van der Waals surface area contributed by atoms with Gasteiger partial charge in [-0.1, -0.05) is 6.92 Å². The van der Waals surface area contributed by atoms with Crippen LogP contribution < -0.4 is 4.90 Å². The van der Waals surface area contributed by atoms with Gasteiger partial charge in [0.25, 0.3) is 0 Å². The maximum absolute atomic E-state index is 13.3. The molecule has 0 bridgehead atoms. The van der Waals surface area contributed by atoms with Gasteiger partial charge in [-0.15, -0.1) is 0 Å². The van der Waals surface area contributed by atoms with Crippen LogP contribution in [0.15, 0.2) is 18.2 Å². The van der Waals surface area contributed by atoms with Crippen LogP contribution in [0.25, 0.3) is 0 Å². The number of hydrogen-bond acceptors (Lipinski definition) is 3. The highest BCUT2D eigenvalue weighted by atomic mass is 19.1. The van der Waals surface area contributed by atoms with Gasteiger partial charge in [0.15, 0.2) is 0 Å². The number of carboxylic acid groups (broad SMARTS) is 1. The molecule has 110 valence electrons. The highest BCUT2D eigenvalue weighted by Gasteiger charge is 2.25. The van der Waals surface area contributed by atoms with Crippen LogP contribution in [0.1, 0.15) is 30.1 Å². The lowest BCUT2D eigenvalue weighted by Crippen LogP contribution is -2.40. The Morgan fingerprint density at radius 3 is 2.85 bits per heavy atom. The Labute approximate surface area is 118 Å². The fourth-order valence-corrected chi connectivity index (χ4v) is 2.84. The molecule has 0 saturated carbocycles. The summed E-state index contributed by atoms with van der Waals surface area (Å²) in [6, 6.07) is 4.29. The first-order valence-electron chi connectivity index (χ1n) is 7.01. The molecule has 5 heteroatoms. The number of anilines is 1. The smallest absolute Gasteiger partial charge is 0.337 e. The zero-order chi connectivity index (χ0) is 14.7. The van der Waals surface area contributed by atoms with Crippen molar-refractivity contribution in [2.24, 2.45) is 0 Å². The van der Waals surface area contributed by atoms with Crippen LogP contribution in [-0.4, -0.2) is 48.7 Å². The number of rotatable bonds is 3. The molecule has 0 radical (unpaired) electrons. The molecule has 1 aromatic rings. The zero-order valence-corrected chi connectivity index (χ0v) is 12.0. The van der Waals surface area contributed by atoms with Gasteiger partial charge in [-0.25, -0.2) is 9.18 Å². The average molecular weight is 280 g/mol. The SMILES string of the molecule is CCC1CN(C)CCCN1c1ccc(F)cc1C(=O)O. The molecule has 0 amide bonds. The number of carboxylic acids is 1. The molecule has 0 aliphatic carbocycles. The Morgan fingerprint density at radius 2 is 2.20 bits per heavy atom. The summed E-state index contributed by atoms with van der Waals surface area (Å²) in [4.78, 5) is 15.7. The normalized spacial score (nSPS) is 20.8. The van der Waals surface area contributed by atoms with Crippen molar-refractivity contribution < 1.29 is 14.3 Å². The average Bonchev–Trinajstić information content (AvgIpc) is 2.60. The van der Waals surface area contributed by atoms with Crippen LogP contribution in [0.4, 0.5) is 10.1 Å². The van der Waals surface area contributed by atoms with Crippen molar-refractivity contribution >= 4 is 11.7 Å². The van der Waals surface area contributed by atoms with E-state index in [1.807, 2.05) is 0 Å². The molecule has 1 aromatic carbocycles. The van der Waals surface area contributed by atoms with Crippen molar-refractivity contribution in [1.82, 2.24) is 4.90 Å². The van der Waals surface area contributed by atoms with E-state index in [4.69, 9.17) is 0 Å². The summed E-state index contributed by atoms with van der Waals surface area (Å²) >= 11 is 0. The molecule has 1 heterocycles. The minimum Gasteiger partial charge on any atom is -0.478 e. The molecule has 20 heavy (non-hydrogen) atoms. The van der Waals surface area contributed by atoms with E-state index >= 15 is 0 Å². The Hall–Kier alpha value is -1.62. The first-order valence-corrected chi connectivity index (χ1v) is 7.01. The zero-order valence-electron chi connectivity index (χ0n) is 12.0. The van der Waals surface area contributed by atoms with E-state index in [1.54, 1.807) is 6.07 Å². The second kappa shape index (κ2) is 6.22. The Morgan fingerprint density at radius 1 is 1.45 bits per heavy atom. The predicted octanol–water partition coefficient (Wildman–Crippen LogP) is 2.44. The third-order valence-electron chi connectivity index (χ3n) is 3.87. The van der Waals surface area contributed by atoms with E-state index in [9.17, 15) is 14.3 Å². The van der Waals surface area contributed by atoms with Crippen LogP contribution in [0.5, 0.6) is 0 Å². The molecule has 4 nitrogen and oxygen atoms in total. The molecule has 1 atom stereocenters. The number of hydrogen-bond donors (Lipinski definition) is 1. The number of halogens is 1. The molecule has 1 unspecified atom stereocenters. The van der Waals surface area contributed by atoms with Gasteiger partial charge in [0.2, 0.25) is 0 Å². The summed E-state index contributed by atoms with van der Waals surface area (Å²) in [6.07, 6.45) is 1.91. The van der Waals surface area contributed by atoms with E-state index in [-0.39, 0.29) is 11.6 Å². The van der Waals surface area contributed by atoms with E-state index in [0.29, 0.717) is 5.69 Å². The molecule has 1 saturated heterocycles. The summed E-state index contributed by atoms with van der Waals surface area (Å²) in [5.74, 6) is -1.59. The van der Waals surface area contributed by atoms with Gasteiger partial charge >= 0.3 is 5.97 Å². The first kappa shape index (κ1) is 14.8. The Balaban J connectivity index is 2.39. The lowest BCUT2D eigenvalue weighted by atomic mass is 10.1. The summed E-state index contributed by atoms with van der Waals surface area (Å²) in [7, 11) is 2.08. The topological polar surface area (TPSA) is 43.8 Å². The molecular formula is C15H21FN2O2. The lowest BCUT2D eigenvalue weighted by Gasteiger charge is -2.33. The summed E-state index contributed by atoms with van der Waals surface area (Å²) < 4.78 is 13.3. The number of nitrogens with zero attached hydrogens (tertiary/aromatic N) is 2. The van der Waals surface area contributed by atoms with Crippen molar-refractivity contribution in [3.63, 3.8) is 0 Å². The number of likely N-dealkylation sites (N-methyl/N-ethyl adjacent to an activating group) is 1. The van der Waals surface area contributed by atoms with Crippen LogP contribution in [-0.2, 0) is 0 Å². The van der Waals surface area contributed by atoms with Gasteiger partial charge in [-0.05, 0) is 44.6 Å². The highest BCUT2D eigenvalue weighted by molar-refractivity contribution is 5.94. The number of benzene rings is 1. The van der Waals surface area contributed by atoms with Crippen molar-refractivity contribution in [3.8, 4) is 0 Å². The molecule has 1 aliphatic heterocycles. The summed E-state index contributed by atoms with van der Waals surface area (Å²) in [5, 5.41) is 9.30. The van der Waals surface area contributed by atoms with E-state index in [2.05, 4.69) is 23.8 Å². The predicted molar refractivity (Wildman–Crippen MR) is 76.9 cm³/mol. The van der Waals surface area contributed by atoms with Crippen molar-refractivity contribution in [2.45, 2.75) is 25.8 Å². The second-order valence-electron chi connectivity index (χ2n) is 5.34. The molecule has 0 aromatic heterocycles. The lowest BCUT2D eigenvalue weighted by molar-refractivity contribution is 0.0697. The van der Waals surface area contributed by atoms with Crippen LogP contribution in [0.2, 0.25) is 0 Å². The largest absolute Gasteiger partial charge is 0.478 e. The van der Waals surface area contributed by atoms with Crippen LogP contribution in [0, 0.1) is 5.82 Å². The fraction of sp³-hybridized carbons (Fsp3) is 0.533. The molecule has 2 rings (SSSR count). The number of carbonyl (C=O) groups is 1. The first-order chi connectivity index (χ1) is 9.52. The molecule has 1 fully saturated rings. The van der Waals surface area contributed by atoms with Crippen molar-refractivity contribution in [1.29, 1.82) is 0 Å². The maximum Gasteiger partial charge on any atom is 0.337 e. The van der Waals surface area contributed by atoms with Crippen molar-refractivity contribution in [3.05, 3.63) is 29.6 Å². The minimum absolute atomic E-state index is 0.0491. The third-order valence-corrected chi connectivity index (χ3v) is 3.87. The highest BCUT2D eigenvalue weighted by Crippen LogP contribution is 2.26. The van der Waals surface area contributed by atoms with E-state index < -0.39 is 11.8 Å². The van der Waals surface area contributed by atoms with Crippen LogP contribution in [0.3, 0.4) is 0 Å². The Bertz CT molecular complexity index is 493. The standard InChI is InChI=1S/C15H21FN2O2/c1-3-12-10-17(2)7-4-8-18(12)14-6-5-11(16)9-13(14)15(19)20/h5-6,9,12H,3-4,7-8,10H2,1-2H3,(H,19,20). The van der Waals surface area contributed by atoms with Crippen LogP contribution >= 0.6 is 0 Å². The van der Waals surface area contributed by atoms with Crippen molar-refractivity contribution in [2.75, 3.05) is 31.6 Å². The van der Waals surface area contributed by atoms with Gasteiger partial charge in [-0.2, -0.15) is 0 Å². The molecular weight excluding hydrogens is 259 g/mol. The molecule has 1 aliphatic rings. The maximum atomic E-state index is 13.3. The van der Waals surface area contributed by atoms with Gasteiger partial charge < -0.3 is 14.9 Å². The summed E-state index contributed by atoms with van der Waals surface area (Å²) in [5.41, 5.74) is 0.675. The monoisotopic (exact) mass is 280 g/mol. The van der Waals surface area contributed by atoms with Gasteiger partial charge in [0, 0.05) is 19.1 Å². The Kier molecular flexibility index (Phi) is 4.60. The second-order valence-corrected chi connectivity index (χ2v) is 5.34. The quantitative estimate of drug-likeness (QED) is 0.923. The minimum atomic E-state index is -1.08. The van der Waals surface area contributed by atoms with Gasteiger partial charge in [0.1, 0.15) is 5.82 Å². The van der Waals surface area contributed by atoms with Gasteiger partial charge in [0.05, 0.1) is 11.3 Å². The molecule has 1 N–H and O–H groups in total. The van der Waals surface area contributed by atoms with Gasteiger partial charge in [-0.3, -0.25) is 0 Å². The van der Waals surface area contributed by atoms with E-state index in [0.717, 1.165) is 38.5 Å². The van der Waals surface area contributed by atoms with E-state index in [1.165, 1.54) is 6.07 Å². The molecule has 0 spiro atoms. The summed E-state index contributed by atoms with van der Waals surface area (Å²) in [6.45, 7) is 4.79. The fourth-order valence-electron chi connectivity index (χ4n) is 2.84.